The second kappa shape index (κ2) is 4.53. The number of anilines is 1. The van der Waals surface area contributed by atoms with Gasteiger partial charge in [-0.05, 0) is 26.2 Å². The number of pyridine rings is 1. The smallest absolute Gasteiger partial charge is 0.161 e. The number of hydrogen-bond donors (Lipinski definition) is 1. The summed E-state index contributed by atoms with van der Waals surface area (Å²) in [5, 5.41) is 5.24. The monoisotopic (exact) mass is 228 g/mol. The van der Waals surface area contributed by atoms with E-state index in [1.807, 2.05) is 24.3 Å². The number of rotatable bonds is 3. The van der Waals surface area contributed by atoms with Crippen molar-refractivity contribution in [3.05, 3.63) is 36.0 Å². The molecule has 0 amide bonds. The topological polar surface area (TPSA) is 42.0 Å². The van der Waals surface area contributed by atoms with Crippen molar-refractivity contribution in [2.24, 2.45) is 0 Å². The number of carbonyl (C=O) groups excluding carboxylic acids is 1. The molecule has 0 aliphatic carbocycles. The minimum absolute atomic E-state index is 0.0461. The minimum Gasteiger partial charge on any atom is -0.367 e. The fraction of sp³-hybridized carbons (Fsp3) is 0.286. The first-order valence-electron chi connectivity index (χ1n) is 5.75. The Morgan fingerprint density at radius 1 is 1.24 bits per heavy atom. The van der Waals surface area contributed by atoms with Crippen LogP contribution in [0.4, 0.5) is 5.82 Å². The molecule has 2 aromatic rings. The molecule has 0 bridgehead atoms. The molecule has 1 aromatic heterocycles. The van der Waals surface area contributed by atoms with Crippen LogP contribution in [0, 0.1) is 0 Å². The summed E-state index contributed by atoms with van der Waals surface area (Å²) in [6.45, 7) is 5.70. The normalized spacial score (nSPS) is 10.8. The number of ketones is 1. The van der Waals surface area contributed by atoms with E-state index < -0.39 is 0 Å². The van der Waals surface area contributed by atoms with Gasteiger partial charge in [-0.15, -0.1) is 0 Å². The molecule has 1 N–H and O–H groups in total. The van der Waals surface area contributed by atoms with Crippen molar-refractivity contribution in [2.75, 3.05) is 5.32 Å². The van der Waals surface area contributed by atoms with Crippen molar-refractivity contribution >= 4 is 22.4 Å². The molecule has 88 valence electrons. The quantitative estimate of drug-likeness (QED) is 0.820. The van der Waals surface area contributed by atoms with Gasteiger partial charge in [0.15, 0.2) is 5.78 Å². The van der Waals surface area contributed by atoms with Gasteiger partial charge in [-0.1, -0.05) is 24.3 Å². The molecule has 0 atom stereocenters. The van der Waals surface area contributed by atoms with E-state index in [4.69, 9.17) is 0 Å². The number of aromatic nitrogens is 1. The molecule has 0 aliphatic rings. The molecule has 0 aliphatic heterocycles. The van der Waals surface area contributed by atoms with Crippen molar-refractivity contribution in [3.8, 4) is 0 Å². The molecule has 2 rings (SSSR count). The van der Waals surface area contributed by atoms with Crippen LogP contribution in [0.1, 0.15) is 31.1 Å². The summed E-state index contributed by atoms with van der Waals surface area (Å²) in [4.78, 5) is 15.9. The maximum atomic E-state index is 11.5. The van der Waals surface area contributed by atoms with Crippen LogP contribution in [0.25, 0.3) is 10.8 Å². The van der Waals surface area contributed by atoms with Crippen molar-refractivity contribution in [3.63, 3.8) is 0 Å². The Balaban J connectivity index is 2.66. The Hall–Kier alpha value is -1.90. The third kappa shape index (κ3) is 2.28. The largest absolute Gasteiger partial charge is 0.367 e. The highest BCUT2D eigenvalue weighted by Gasteiger charge is 2.10. The number of nitrogens with one attached hydrogen (secondary N) is 1. The number of hydrogen-bond acceptors (Lipinski definition) is 3. The number of fused-ring (bicyclic) bond motifs is 1. The van der Waals surface area contributed by atoms with E-state index in [1.54, 1.807) is 13.1 Å². The van der Waals surface area contributed by atoms with Gasteiger partial charge < -0.3 is 5.32 Å². The number of carbonyl (C=O) groups is 1. The predicted octanol–water partition coefficient (Wildman–Crippen LogP) is 3.26. The third-order valence-corrected chi connectivity index (χ3v) is 2.60. The van der Waals surface area contributed by atoms with Crippen LogP contribution < -0.4 is 5.32 Å². The molecule has 3 nitrogen and oxygen atoms in total. The number of nitrogens with zero attached hydrogens (tertiary/aromatic N) is 1. The summed E-state index contributed by atoms with van der Waals surface area (Å²) < 4.78 is 0. The van der Waals surface area contributed by atoms with Gasteiger partial charge in [-0.25, -0.2) is 4.98 Å². The van der Waals surface area contributed by atoms with E-state index in [0.29, 0.717) is 11.6 Å². The highest BCUT2D eigenvalue weighted by molar-refractivity contribution is 6.09. The van der Waals surface area contributed by atoms with Crippen LogP contribution in [0.2, 0.25) is 0 Å². The maximum absolute atomic E-state index is 11.5. The minimum atomic E-state index is 0.0461. The van der Waals surface area contributed by atoms with Gasteiger partial charge in [0, 0.05) is 23.2 Å². The first kappa shape index (κ1) is 11.6. The van der Waals surface area contributed by atoms with Crippen LogP contribution in [0.15, 0.2) is 30.5 Å². The van der Waals surface area contributed by atoms with Crippen LogP contribution in [-0.2, 0) is 0 Å². The number of Topliss-reactive ketones (excluding diaryl/α,β-unsaturated/α-hetero) is 1. The Morgan fingerprint density at radius 3 is 2.47 bits per heavy atom. The summed E-state index contributed by atoms with van der Waals surface area (Å²) in [5.74, 6) is 0.880. The van der Waals surface area contributed by atoms with E-state index in [9.17, 15) is 4.79 Å². The average Bonchev–Trinajstić information content (AvgIpc) is 2.28. The Kier molecular flexibility index (Phi) is 3.09. The Labute approximate surface area is 101 Å². The van der Waals surface area contributed by atoms with Crippen molar-refractivity contribution in [1.82, 2.24) is 4.98 Å². The summed E-state index contributed by atoms with van der Waals surface area (Å²) >= 11 is 0. The summed E-state index contributed by atoms with van der Waals surface area (Å²) in [7, 11) is 0. The standard InChI is InChI=1S/C14H16N2O/c1-9(2)16-14-12-7-5-4-6-11(12)13(8-15-14)10(3)17/h4-9H,1-3H3,(H,15,16). The summed E-state index contributed by atoms with van der Waals surface area (Å²) in [6, 6.07) is 8.15. The first-order valence-corrected chi connectivity index (χ1v) is 5.75. The molecule has 0 radical (unpaired) electrons. The summed E-state index contributed by atoms with van der Waals surface area (Å²) in [5.41, 5.74) is 0.676. The third-order valence-electron chi connectivity index (χ3n) is 2.60. The molecule has 0 fully saturated rings. The second-order valence-electron chi connectivity index (χ2n) is 4.42. The molecule has 0 saturated carbocycles. The van der Waals surface area contributed by atoms with E-state index in [-0.39, 0.29) is 5.78 Å². The zero-order valence-corrected chi connectivity index (χ0v) is 10.3. The Morgan fingerprint density at radius 2 is 1.88 bits per heavy atom. The van der Waals surface area contributed by atoms with Crippen molar-refractivity contribution < 1.29 is 4.79 Å². The lowest BCUT2D eigenvalue weighted by Crippen LogP contribution is -2.12. The molecule has 1 aromatic carbocycles. The summed E-state index contributed by atoms with van der Waals surface area (Å²) in [6.07, 6.45) is 1.65. The van der Waals surface area contributed by atoms with Gasteiger partial charge >= 0.3 is 0 Å². The molecule has 0 saturated heterocycles. The van der Waals surface area contributed by atoms with E-state index >= 15 is 0 Å². The van der Waals surface area contributed by atoms with Crippen LogP contribution in [-0.4, -0.2) is 16.8 Å². The molecular weight excluding hydrogens is 212 g/mol. The molecular formula is C14H16N2O. The molecule has 0 spiro atoms. The lowest BCUT2D eigenvalue weighted by molar-refractivity contribution is 0.101. The molecule has 17 heavy (non-hydrogen) atoms. The highest BCUT2D eigenvalue weighted by Crippen LogP contribution is 2.25. The zero-order chi connectivity index (χ0) is 12.4. The van der Waals surface area contributed by atoms with E-state index in [2.05, 4.69) is 24.1 Å². The average molecular weight is 228 g/mol. The van der Waals surface area contributed by atoms with Crippen molar-refractivity contribution in [1.29, 1.82) is 0 Å². The maximum Gasteiger partial charge on any atom is 0.161 e. The second-order valence-corrected chi connectivity index (χ2v) is 4.42. The van der Waals surface area contributed by atoms with Crippen LogP contribution >= 0.6 is 0 Å². The lowest BCUT2D eigenvalue weighted by atomic mass is 10.0. The first-order chi connectivity index (χ1) is 8.09. The van der Waals surface area contributed by atoms with Crippen LogP contribution in [0.5, 0.6) is 0 Å². The Bertz CT molecular complexity index is 561. The highest BCUT2D eigenvalue weighted by atomic mass is 16.1. The SMILES string of the molecule is CC(=O)c1cnc(NC(C)C)c2ccccc12. The van der Waals surface area contributed by atoms with E-state index in [0.717, 1.165) is 16.6 Å². The van der Waals surface area contributed by atoms with Gasteiger partial charge in [0.1, 0.15) is 5.82 Å². The molecule has 1 heterocycles. The molecule has 3 heteroatoms. The van der Waals surface area contributed by atoms with Gasteiger partial charge in [-0.3, -0.25) is 4.79 Å². The van der Waals surface area contributed by atoms with Gasteiger partial charge in [-0.2, -0.15) is 0 Å². The van der Waals surface area contributed by atoms with Gasteiger partial charge in [0.2, 0.25) is 0 Å². The van der Waals surface area contributed by atoms with Crippen LogP contribution in [0.3, 0.4) is 0 Å². The lowest BCUT2D eigenvalue weighted by Gasteiger charge is -2.13. The van der Waals surface area contributed by atoms with Crippen molar-refractivity contribution in [2.45, 2.75) is 26.8 Å². The number of benzene rings is 1. The van der Waals surface area contributed by atoms with E-state index in [1.165, 1.54) is 0 Å². The fourth-order valence-electron chi connectivity index (χ4n) is 1.86. The van der Waals surface area contributed by atoms with Gasteiger partial charge in [0.25, 0.3) is 0 Å². The van der Waals surface area contributed by atoms with Gasteiger partial charge in [0.05, 0.1) is 0 Å². The fourth-order valence-corrected chi connectivity index (χ4v) is 1.86. The zero-order valence-electron chi connectivity index (χ0n) is 10.3. The molecule has 0 unspecified atom stereocenters. The predicted molar refractivity (Wildman–Crippen MR) is 70.5 cm³/mol.